The molecule has 0 radical (unpaired) electrons. The third kappa shape index (κ3) is 6.99. The number of aryl methyl sites for hydroxylation is 2. The largest absolute Gasteiger partial charge is 0.494 e. The Bertz CT molecular complexity index is 1650. The molecule has 3 heterocycles. The third-order valence-corrected chi connectivity index (χ3v) is 7.47. The van der Waals surface area contributed by atoms with E-state index in [0.717, 1.165) is 23.9 Å². The summed E-state index contributed by atoms with van der Waals surface area (Å²) in [5.74, 6) is 0.631. The molecular weight excluding hydrogens is 571 g/mol. The minimum Gasteiger partial charge on any atom is -0.494 e. The van der Waals surface area contributed by atoms with Gasteiger partial charge in [0.05, 0.1) is 35.7 Å². The van der Waals surface area contributed by atoms with Crippen LogP contribution in [-0.4, -0.2) is 50.5 Å². The molecule has 0 bridgehead atoms. The smallest absolute Gasteiger partial charge is 0.403 e. The number of allylic oxidation sites excluding steroid dienone is 2. The molecule has 0 spiro atoms. The standard InChI is InChI=1S/C33H40F3N5O3/c1-8-10-12-16-41-26(31-39-25-17-23(32(42)44-20(3)4)19-27(43-7)29(25)40(31)6)18-22-14-15-24(38-30(22)41)21(5)37-28(13-11-9-2)33(34,35)36/h8-9,14-15,17-21,28,37H,1-2,10-13,16H2,3-7H3/t21-,28?/m1/s1. The van der Waals surface area contributed by atoms with E-state index in [1.54, 1.807) is 39.0 Å². The number of carbonyl (C=O) groups is 1. The molecule has 0 amide bonds. The monoisotopic (exact) mass is 611 g/mol. The van der Waals surface area contributed by atoms with Crippen LogP contribution >= 0.6 is 0 Å². The van der Waals surface area contributed by atoms with Crippen molar-refractivity contribution in [2.45, 2.75) is 77.4 Å². The molecule has 0 aliphatic carbocycles. The number of nitrogens with zero attached hydrogens (tertiary/aromatic N) is 4. The lowest BCUT2D eigenvalue weighted by molar-refractivity contribution is -0.158. The maximum absolute atomic E-state index is 13.7. The third-order valence-electron chi connectivity index (χ3n) is 7.47. The molecule has 8 nitrogen and oxygen atoms in total. The fourth-order valence-corrected chi connectivity index (χ4v) is 5.30. The average molecular weight is 612 g/mol. The van der Waals surface area contributed by atoms with Crippen LogP contribution in [0.3, 0.4) is 0 Å². The maximum atomic E-state index is 13.7. The van der Waals surface area contributed by atoms with E-state index in [9.17, 15) is 18.0 Å². The zero-order valence-corrected chi connectivity index (χ0v) is 25.9. The van der Waals surface area contributed by atoms with E-state index in [2.05, 4.69) is 18.5 Å². The zero-order valence-electron chi connectivity index (χ0n) is 25.9. The second-order valence-corrected chi connectivity index (χ2v) is 11.1. The number of rotatable bonds is 14. The molecule has 4 aromatic rings. The van der Waals surface area contributed by atoms with Crippen molar-refractivity contribution in [2.75, 3.05) is 7.11 Å². The van der Waals surface area contributed by atoms with Crippen molar-refractivity contribution in [3.05, 3.63) is 66.9 Å². The summed E-state index contributed by atoms with van der Waals surface area (Å²) in [5, 5.41) is 3.55. The molecule has 0 fully saturated rings. The first-order valence-corrected chi connectivity index (χ1v) is 14.7. The number of hydrogen-bond acceptors (Lipinski definition) is 6. The lowest BCUT2D eigenvalue weighted by Gasteiger charge is -2.25. The first-order chi connectivity index (χ1) is 20.9. The van der Waals surface area contributed by atoms with Gasteiger partial charge in [0.15, 0.2) is 5.82 Å². The van der Waals surface area contributed by atoms with Crippen molar-refractivity contribution in [1.82, 2.24) is 24.4 Å². The molecule has 1 unspecified atom stereocenters. The fraction of sp³-hybridized carbons (Fsp3) is 0.424. The number of carbonyl (C=O) groups excluding carboxylic acids is 1. The summed E-state index contributed by atoms with van der Waals surface area (Å²) in [4.78, 5) is 22.5. The van der Waals surface area contributed by atoms with Crippen molar-refractivity contribution in [3.63, 3.8) is 0 Å². The van der Waals surface area contributed by atoms with Gasteiger partial charge in [0.1, 0.15) is 23.0 Å². The molecular formula is C33H40F3N5O3. The SMILES string of the molecule is C=CCCCn1c(-c2nc3cc(C(=O)OC(C)C)cc(OC)c3n2C)cc2ccc([C@@H](C)NC(CCC=C)C(F)(F)F)nc21. The molecule has 0 saturated heterocycles. The van der Waals surface area contributed by atoms with Crippen LogP contribution in [0.1, 0.15) is 68.5 Å². The highest BCUT2D eigenvalue weighted by atomic mass is 19.4. The number of halogens is 3. The van der Waals surface area contributed by atoms with Crippen LogP contribution in [0.4, 0.5) is 13.2 Å². The van der Waals surface area contributed by atoms with E-state index in [0.29, 0.717) is 46.1 Å². The number of unbranched alkanes of at least 4 members (excludes halogenated alkanes) is 1. The summed E-state index contributed by atoms with van der Waals surface area (Å²) in [5.41, 5.74) is 3.52. The normalized spacial score (nSPS) is 13.4. The molecule has 0 aliphatic heterocycles. The quantitative estimate of drug-likeness (QED) is 0.0895. The van der Waals surface area contributed by atoms with Gasteiger partial charge in [-0.15, -0.1) is 13.2 Å². The Hall–Kier alpha value is -4.12. The summed E-state index contributed by atoms with van der Waals surface area (Å²) >= 11 is 0. The summed E-state index contributed by atoms with van der Waals surface area (Å²) in [7, 11) is 3.41. The van der Waals surface area contributed by atoms with E-state index in [-0.39, 0.29) is 18.9 Å². The Kier molecular flexibility index (Phi) is 10.2. The van der Waals surface area contributed by atoms with E-state index >= 15 is 0 Å². The number of alkyl halides is 3. The Morgan fingerprint density at radius 3 is 2.45 bits per heavy atom. The second-order valence-electron chi connectivity index (χ2n) is 11.1. The van der Waals surface area contributed by atoms with Crippen LogP contribution in [0.25, 0.3) is 33.6 Å². The molecule has 1 aromatic carbocycles. The lowest BCUT2D eigenvalue weighted by atomic mass is 10.1. The van der Waals surface area contributed by atoms with Gasteiger partial charge in [0.2, 0.25) is 0 Å². The van der Waals surface area contributed by atoms with Crippen molar-refractivity contribution < 1.29 is 27.4 Å². The number of hydrogen-bond donors (Lipinski definition) is 1. The maximum Gasteiger partial charge on any atom is 0.403 e. The van der Waals surface area contributed by atoms with Crippen LogP contribution < -0.4 is 10.1 Å². The van der Waals surface area contributed by atoms with Gasteiger partial charge < -0.3 is 18.6 Å². The number of fused-ring (bicyclic) bond motifs is 2. The van der Waals surface area contributed by atoms with E-state index < -0.39 is 24.2 Å². The molecule has 11 heteroatoms. The van der Waals surface area contributed by atoms with E-state index in [1.807, 2.05) is 34.4 Å². The lowest BCUT2D eigenvalue weighted by Crippen LogP contribution is -2.43. The Balaban J connectivity index is 1.81. The van der Waals surface area contributed by atoms with Gasteiger partial charge in [-0.05, 0) is 76.8 Å². The molecule has 1 N–H and O–H groups in total. The van der Waals surface area contributed by atoms with Crippen molar-refractivity contribution in [2.24, 2.45) is 7.05 Å². The first-order valence-electron chi connectivity index (χ1n) is 14.7. The van der Waals surface area contributed by atoms with Gasteiger partial charge in [-0.25, -0.2) is 14.8 Å². The summed E-state index contributed by atoms with van der Waals surface area (Å²) in [6.07, 6.45) is 0.337. The number of esters is 1. The number of imidazole rings is 1. The van der Waals surface area contributed by atoms with Crippen LogP contribution in [0.5, 0.6) is 5.75 Å². The Morgan fingerprint density at radius 2 is 1.82 bits per heavy atom. The number of methoxy groups -OCH3 is 1. The minimum absolute atomic E-state index is 0.102. The highest BCUT2D eigenvalue weighted by Crippen LogP contribution is 2.35. The average Bonchev–Trinajstić information content (AvgIpc) is 3.50. The van der Waals surface area contributed by atoms with Crippen molar-refractivity contribution in [1.29, 1.82) is 0 Å². The number of benzene rings is 1. The molecule has 44 heavy (non-hydrogen) atoms. The first kappa shape index (κ1) is 32.8. The Labute approximate surface area is 255 Å². The fourth-order valence-electron chi connectivity index (χ4n) is 5.30. The van der Waals surface area contributed by atoms with Gasteiger partial charge >= 0.3 is 12.1 Å². The van der Waals surface area contributed by atoms with Crippen LogP contribution in [0.2, 0.25) is 0 Å². The van der Waals surface area contributed by atoms with Gasteiger partial charge in [-0.1, -0.05) is 12.2 Å². The van der Waals surface area contributed by atoms with E-state index in [4.69, 9.17) is 19.4 Å². The van der Waals surface area contributed by atoms with E-state index in [1.165, 1.54) is 13.2 Å². The van der Waals surface area contributed by atoms with Gasteiger partial charge in [0.25, 0.3) is 0 Å². The van der Waals surface area contributed by atoms with Crippen LogP contribution in [-0.2, 0) is 18.3 Å². The number of aromatic nitrogens is 4. The molecule has 0 saturated carbocycles. The van der Waals surface area contributed by atoms with Crippen molar-refractivity contribution >= 4 is 28.0 Å². The molecule has 3 aromatic heterocycles. The number of nitrogens with one attached hydrogen (secondary N) is 1. The van der Waals surface area contributed by atoms with Crippen LogP contribution in [0.15, 0.2) is 55.6 Å². The molecule has 0 aliphatic rings. The minimum atomic E-state index is -4.40. The predicted molar refractivity (Wildman–Crippen MR) is 167 cm³/mol. The van der Waals surface area contributed by atoms with Gasteiger partial charge in [-0.2, -0.15) is 13.2 Å². The summed E-state index contributed by atoms with van der Waals surface area (Å²) in [6.45, 7) is 13.2. The number of pyridine rings is 1. The molecule has 236 valence electrons. The zero-order chi connectivity index (χ0) is 32.2. The highest BCUT2D eigenvalue weighted by molar-refractivity contribution is 5.97. The highest BCUT2D eigenvalue weighted by Gasteiger charge is 2.39. The van der Waals surface area contributed by atoms with Gasteiger partial charge in [-0.3, -0.25) is 5.32 Å². The Morgan fingerprint density at radius 1 is 1.09 bits per heavy atom. The molecule has 2 atom stereocenters. The van der Waals surface area contributed by atoms with Crippen molar-refractivity contribution in [3.8, 4) is 17.3 Å². The van der Waals surface area contributed by atoms with Gasteiger partial charge in [0, 0.05) is 25.0 Å². The van der Waals surface area contributed by atoms with Crippen LogP contribution in [0, 0.1) is 0 Å². The summed E-state index contributed by atoms with van der Waals surface area (Å²) in [6, 6.07) is 6.60. The summed E-state index contributed by atoms with van der Waals surface area (Å²) < 4.78 is 56.2. The topological polar surface area (TPSA) is 83.2 Å². The predicted octanol–water partition coefficient (Wildman–Crippen LogP) is 7.68. The number of ether oxygens (including phenoxy) is 2. The molecule has 4 rings (SSSR count). The second kappa shape index (κ2) is 13.7.